The van der Waals surface area contributed by atoms with E-state index in [9.17, 15) is 14.4 Å². The van der Waals surface area contributed by atoms with Crippen molar-refractivity contribution in [1.29, 1.82) is 5.41 Å². The smallest absolute Gasteiger partial charge is 0.420 e. The average molecular weight is 536 g/mol. The minimum absolute atomic E-state index is 0. The van der Waals surface area contributed by atoms with Gasteiger partial charge in [-0.1, -0.05) is 42.5 Å². The number of aromatic nitrogens is 2. The molecule has 0 atom stereocenters. The van der Waals surface area contributed by atoms with Crippen LogP contribution in [0.1, 0.15) is 34.2 Å². The van der Waals surface area contributed by atoms with Crippen LogP contribution in [0.4, 0.5) is 10.5 Å². The first-order chi connectivity index (χ1) is 17.8. The summed E-state index contributed by atoms with van der Waals surface area (Å²) in [5.41, 5.74) is 8.43. The summed E-state index contributed by atoms with van der Waals surface area (Å²) in [5, 5.41) is 7.48. The third-order valence-electron chi connectivity index (χ3n) is 5.61. The molecule has 0 bridgehead atoms. The van der Waals surface area contributed by atoms with Gasteiger partial charge in [0.1, 0.15) is 18.1 Å². The summed E-state index contributed by atoms with van der Waals surface area (Å²) in [7, 11) is 0. The number of ether oxygens (including phenoxy) is 2. The zero-order valence-corrected chi connectivity index (χ0v) is 21.5. The Hall–Kier alpha value is -4.70. The lowest BCUT2D eigenvalue weighted by Gasteiger charge is -2.21. The van der Waals surface area contributed by atoms with E-state index in [2.05, 4.69) is 9.97 Å². The molecule has 0 saturated carbocycles. The van der Waals surface area contributed by atoms with Crippen molar-refractivity contribution in [1.82, 2.24) is 9.97 Å². The largest absolute Gasteiger partial charge is 0.465 e. The highest BCUT2D eigenvalue weighted by Crippen LogP contribution is 2.28. The molecule has 196 valence electrons. The van der Waals surface area contributed by atoms with E-state index in [1.54, 1.807) is 80.6 Å². The molecule has 0 aliphatic rings. The Morgan fingerprint density at radius 1 is 1.00 bits per heavy atom. The monoisotopic (exact) mass is 535 g/mol. The highest BCUT2D eigenvalue weighted by molar-refractivity contribution is 6.08. The summed E-state index contributed by atoms with van der Waals surface area (Å²) in [6.45, 7) is 3.28. The SMILES string of the molecule is CCOC(=O)CN(C(=O)Oc1ccc2[nH]c(C(=O)c3ccc(C(=N)N)cc3)nc2c1C)c1ccccc1.Cl. The average Bonchev–Trinajstić information content (AvgIpc) is 3.34. The summed E-state index contributed by atoms with van der Waals surface area (Å²) in [4.78, 5) is 46.8. The Labute approximate surface area is 224 Å². The van der Waals surface area contributed by atoms with Crippen LogP contribution in [0.15, 0.2) is 66.7 Å². The van der Waals surface area contributed by atoms with Gasteiger partial charge in [-0.3, -0.25) is 19.9 Å². The molecule has 4 rings (SSSR count). The Morgan fingerprint density at radius 3 is 2.29 bits per heavy atom. The fourth-order valence-electron chi connectivity index (χ4n) is 3.70. The summed E-state index contributed by atoms with van der Waals surface area (Å²) in [5.74, 6) is -0.645. The number of hydrogen-bond donors (Lipinski definition) is 3. The number of esters is 1. The van der Waals surface area contributed by atoms with Crippen molar-refractivity contribution in [3.8, 4) is 5.75 Å². The Balaban J connectivity index is 0.00000400. The van der Waals surface area contributed by atoms with Crippen molar-refractivity contribution in [2.45, 2.75) is 13.8 Å². The van der Waals surface area contributed by atoms with Gasteiger partial charge in [0.05, 0.1) is 17.6 Å². The predicted octanol–water partition coefficient (Wildman–Crippen LogP) is 4.38. The zero-order chi connectivity index (χ0) is 26.5. The van der Waals surface area contributed by atoms with Crippen molar-refractivity contribution in [3.05, 3.63) is 89.2 Å². The molecule has 1 amide bonds. The predicted molar refractivity (Wildman–Crippen MR) is 145 cm³/mol. The lowest BCUT2D eigenvalue weighted by Crippen LogP contribution is -2.38. The lowest BCUT2D eigenvalue weighted by atomic mass is 10.1. The fourth-order valence-corrected chi connectivity index (χ4v) is 3.70. The van der Waals surface area contributed by atoms with Gasteiger partial charge in [-0.2, -0.15) is 0 Å². The van der Waals surface area contributed by atoms with Gasteiger partial charge in [0.25, 0.3) is 0 Å². The topological polar surface area (TPSA) is 151 Å². The number of nitrogens with two attached hydrogens (primary N) is 1. The van der Waals surface area contributed by atoms with Crippen molar-refractivity contribution >= 4 is 52.8 Å². The number of hydrogen-bond acceptors (Lipinski definition) is 7. The quantitative estimate of drug-likeness (QED) is 0.131. The van der Waals surface area contributed by atoms with Gasteiger partial charge < -0.3 is 20.2 Å². The van der Waals surface area contributed by atoms with Crippen LogP contribution in [0.5, 0.6) is 5.75 Å². The van der Waals surface area contributed by atoms with Crippen molar-refractivity contribution in [2.75, 3.05) is 18.1 Å². The lowest BCUT2D eigenvalue weighted by molar-refractivity contribution is -0.141. The molecule has 0 saturated heterocycles. The van der Waals surface area contributed by atoms with Gasteiger partial charge in [0.15, 0.2) is 5.82 Å². The molecule has 0 fully saturated rings. The molecule has 10 nitrogen and oxygen atoms in total. The molecule has 3 aromatic carbocycles. The van der Waals surface area contributed by atoms with Crippen LogP contribution in [0, 0.1) is 12.3 Å². The summed E-state index contributed by atoms with van der Waals surface area (Å²) < 4.78 is 10.7. The molecule has 0 radical (unpaired) electrons. The number of benzene rings is 3. The molecule has 4 aromatic rings. The number of amidine groups is 1. The van der Waals surface area contributed by atoms with Gasteiger partial charge in [0, 0.05) is 22.4 Å². The second-order valence-electron chi connectivity index (χ2n) is 8.09. The van der Waals surface area contributed by atoms with E-state index in [4.69, 9.17) is 20.6 Å². The fraction of sp³-hybridized carbons (Fsp3) is 0.148. The number of carbonyl (C=O) groups is 3. The number of H-pyrrole nitrogens is 1. The molecule has 0 unspecified atom stereocenters. The number of para-hydroxylation sites is 1. The number of rotatable bonds is 8. The Bertz CT molecular complexity index is 1490. The number of carbonyl (C=O) groups excluding carboxylic acids is 3. The number of nitrogens with zero attached hydrogens (tertiary/aromatic N) is 2. The van der Waals surface area contributed by atoms with Crippen LogP contribution in [0.2, 0.25) is 0 Å². The molecule has 1 aromatic heterocycles. The maximum absolute atomic E-state index is 13.1. The summed E-state index contributed by atoms with van der Waals surface area (Å²) in [6, 6.07) is 18.2. The number of halogens is 1. The molecule has 1 heterocycles. The number of anilines is 1. The third kappa shape index (κ3) is 5.98. The number of fused-ring (bicyclic) bond motifs is 1. The molecular weight excluding hydrogens is 510 g/mol. The maximum Gasteiger partial charge on any atom is 0.420 e. The van der Waals surface area contributed by atoms with Gasteiger partial charge >= 0.3 is 12.1 Å². The zero-order valence-electron chi connectivity index (χ0n) is 20.7. The number of nitrogen functional groups attached to an aromatic ring is 1. The number of amides is 1. The molecule has 0 spiro atoms. The number of imidazole rings is 1. The first-order valence-electron chi connectivity index (χ1n) is 11.5. The third-order valence-corrected chi connectivity index (χ3v) is 5.61. The second-order valence-corrected chi connectivity index (χ2v) is 8.09. The molecule has 4 N–H and O–H groups in total. The number of nitrogens with one attached hydrogen (secondary N) is 2. The first kappa shape index (κ1) is 27.9. The van der Waals surface area contributed by atoms with Crippen molar-refractivity contribution in [2.24, 2.45) is 5.73 Å². The number of aromatic amines is 1. The van der Waals surface area contributed by atoms with Gasteiger partial charge in [-0.05, 0) is 38.1 Å². The van der Waals surface area contributed by atoms with Crippen LogP contribution < -0.4 is 15.4 Å². The van der Waals surface area contributed by atoms with Crippen molar-refractivity contribution in [3.63, 3.8) is 0 Å². The molecule has 38 heavy (non-hydrogen) atoms. The summed E-state index contributed by atoms with van der Waals surface area (Å²) in [6.07, 6.45) is -0.765. The molecule has 0 aliphatic carbocycles. The van der Waals surface area contributed by atoms with E-state index in [1.807, 2.05) is 0 Å². The summed E-state index contributed by atoms with van der Waals surface area (Å²) >= 11 is 0. The number of aryl methyl sites for hydroxylation is 1. The van der Waals surface area contributed by atoms with Gasteiger partial charge in [-0.25, -0.2) is 9.78 Å². The van der Waals surface area contributed by atoms with E-state index < -0.39 is 12.1 Å². The van der Waals surface area contributed by atoms with Gasteiger partial charge in [0.2, 0.25) is 5.78 Å². The standard InChI is InChI=1S/C27H25N5O5.ClH/c1-3-36-22(33)15-32(19-7-5-4-6-8-19)27(35)37-21-14-13-20-23(16(21)2)31-26(30-20)24(34)17-9-11-18(12-10-17)25(28)29;/h4-14H,3,15H2,1-2H3,(H3,28,29)(H,30,31);1H. The van der Waals surface area contributed by atoms with E-state index >= 15 is 0 Å². The van der Waals surface area contributed by atoms with Gasteiger partial charge in [-0.15, -0.1) is 12.4 Å². The normalized spacial score (nSPS) is 10.4. The van der Waals surface area contributed by atoms with Crippen LogP contribution in [-0.4, -0.2) is 46.8 Å². The van der Waals surface area contributed by atoms with E-state index in [-0.39, 0.29) is 48.8 Å². The van der Waals surface area contributed by atoms with Crippen LogP contribution in [0.25, 0.3) is 11.0 Å². The first-order valence-corrected chi connectivity index (χ1v) is 11.5. The van der Waals surface area contributed by atoms with Crippen LogP contribution >= 0.6 is 12.4 Å². The number of ketones is 1. The van der Waals surface area contributed by atoms with Crippen molar-refractivity contribution < 1.29 is 23.9 Å². The molecular formula is C27H26ClN5O5. The van der Waals surface area contributed by atoms with E-state index in [0.29, 0.717) is 33.4 Å². The minimum Gasteiger partial charge on any atom is -0.465 e. The minimum atomic E-state index is -0.765. The van der Waals surface area contributed by atoms with Crippen LogP contribution in [0.3, 0.4) is 0 Å². The maximum atomic E-state index is 13.1. The van der Waals surface area contributed by atoms with E-state index in [1.165, 1.54) is 4.90 Å². The van der Waals surface area contributed by atoms with Crippen LogP contribution in [-0.2, 0) is 9.53 Å². The second kappa shape index (κ2) is 12.0. The molecule has 0 aliphatic heterocycles. The highest BCUT2D eigenvalue weighted by atomic mass is 35.5. The Morgan fingerprint density at radius 2 is 1.66 bits per heavy atom. The van der Waals surface area contributed by atoms with E-state index in [0.717, 1.165) is 0 Å². The Kier molecular flexibility index (Phi) is 8.82. The molecule has 11 heteroatoms. The highest BCUT2D eigenvalue weighted by Gasteiger charge is 2.24.